The fourth-order valence-corrected chi connectivity index (χ4v) is 1.41. The molecule has 1 unspecified atom stereocenters. The van der Waals surface area contributed by atoms with Gasteiger partial charge in [-0.15, -0.1) is 11.6 Å². The van der Waals surface area contributed by atoms with Gasteiger partial charge in [0.15, 0.2) is 0 Å². The third kappa shape index (κ3) is 3.18. The van der Waals surface area contributed by atoms with Gasteiger partial charge in [-0.1, -0.05) is 0 Å². The highest BCUT2D eigenvalue weighted by molar-refractivity contribution is 9.10. The van der Waals surface area contributed by atoms with E-state index in [0.717, 1.165) is 0 Å². The van der Waals surface area contributed by atoms with Gasteiger partial charge in [-0.3, -0.25) is 4.79 Å². The van der Waals surface area contributed by atoms with E-state index in [-0.39, 0.29) is 11.7 Å². The Balaban J connectivity index is 2.96. The maximum atomic E-state index is 13.1. The molecule has 1 amide bonds. The Bertz CT molecular complexity index is 395. The van der Waals surface area contributed by atoms with Crippen LogP contribution in [0.3, 0.4) is 0 Å². The van der Waals surface area contributed by atoms with Gasteiger partial charge >= 0.3 is 0 Å². The van der Waals surface area contributed by atoms with Gasteiger partial charge in [0.1, 0.15) is 11.2 Å². The molecule has 0 radical (unpaired) electrons. The smallest absolute Gasteiger partial charge is 0.242 e. The molecule has 1 atom stereocenters. The highest BCUT2D eigenvalue weighted by atomic mass is 79.9. The predicted octanol–water partition coefficient (Wildman–Crippen LogP) is 3.46. The molecular formula is C10H10BrClFNO. The van der Waals surface area contributed by atoms with Crippen molar-refractivity contribution in [3.63, 3.8) is 0 Å². The van der Waals surface area contributed by atoms with Crippen molar-refractivity contribution in [2.24, 2.45) is 0 Å². The lowest BCUT2D eigenvalue weighted by molar-refractivity contribution is -0.115. The normalized spacial score (nSPS) is 12.3. The van der Waals surface area contributed by atoms with Crippen molar-refractivity contribution < 1.29 is 9.18 Å². The predicted molar refractivity (Wildman–Crippen MR) is 62.8 cm³/mol. The lowest BCUT2D eigenvalue weighted by Gasteiger charge is -2.10. The average molecular weight is 295 g/mol. The Morgan fingerprint density at radius 1 is 1.60 bits per heavy atom. The van der Waals surface area contributed by atoms with Crippen molar-refractivity contribution in [2.75, 3.05) is 5.32 Å². The summed E-state index contributed by atoms with van der Waals surface area (Å²) in [5.41, 5.74) is 1.21. The van der Waals surface area contributed by atoms with E-state index in [4.69, 9.17) is 11.6 Å². The van der Waals surface area contributed by atoms with Crippen LogP contribution in [0, 0.1) is 12.7 Å². The van der Waals surface area contributed by atoms with Gasteiger partial charge in [0.05, 0.1) is 4.47 Å². The molecule has 82 valence electrons. The van der Waals surface area contributed by atoms with Crippen LogP contribution in [0.4, 0.5) is 10.1 Å². The Morgan fingerprint density at radius 3 is 2.73 bits per heavy atom. The molecule has 1 rings (SSSR count). The minimum Gasteiger partial charge on any atom is -0.325 e. The number of alkyl halides is 1. The molecule has 0 aromatic heterocycles. The fraction of sp³-hybridized carbons (Fsp3) is 0.300. The monoisotopic (exact) mass is 293 g/mol. The van der Waals surface area contributed by atoms with Crippen molar-refractivity contribution in [3.05, 3.63) is 28.0 Å². The number of carbonyl (C=O) groups excluding carboxylic acids is 1. The number of nitrogens with one attached hydrogen (secondary N) is 1. The first-order valence-electron chi connectivity index (χ1n) is 4.32. The molecule has 5 heteroatoms. The zero-order valence-electron chi connectivity index (χ0n) is 8.27. The summed E-state index contributed by atoms with van der Waals surface area (Å²) in [6.45, 7) is 3.29. The van der Waals surface area contributed by atoms with E-state index in [2.05, 4.69) is 21.2 Å². The molecule has 0 heterocycles. The summed E-state index contributed by atoms with van der Waals surface area (Å²) in [5.74, 6) is -0.664. The molecule has 0 saturated carbocycles. The van der Waals surface area contributed by atoms with Gasteiger partial charge in [-0.05, 0) is 47.5 Å². The summed E-state index contributed by atoms with van der Waals surface area (Å²) in [6.07, 6.45) is 0. The van der Waals surface area contributed by atoms with Crippen molar-refractivity contribution in [1.82, 2.24) is 0 Å². The molecule has 0 fully saturated rings. The van der Waals surface area contributed by atoms with Gasteiger partial charge < -0.3 is 5.32 Å². The van der Waals surface area contributed by atoms with Crippen molar-refractivity contribution in [1.29, 1.82) is 0 Å². The molecule has 0 aliphatic rings. The first-order valence-corrected chi connectivity index (χ1v) is 5.55. The zero-order valence-corrected chi connectivity index (χ0v) is 10.6. The second kappa shape index (κ2) is 4.94. The number of hydrogen-bond donors (Lipinski definition) is 1. The van der Waals surface area contributed by atoms with Crippen LogP contribution >= 0.6 is 27.5 Å². The molecule has 1 N–H and O–H groups in total. The Kier molecular flexibility index (Phi) is 4.11. The lowest BCUT2D eigenvalue weighted by atomic mass is 10.2. The van der Waals surface area contributed by atoms with Crippen LogP contribution in [0.2, 0.25) is 0 Å². The molecule has 0 aliphatic carbocycles. The van der Waals surface area contributed by atoms with Crippen molar-refractivity contribution >= 4 is 39.1 Å². The summed E-state index contributed by atoms with van der Waals surface area (Å²) in [4.78, 5) is 11.3. The van der Waals surface area contributed by atoms with Crippen molar-refractivity contribution in [3.8, 4) is 0 Å². The number of anilines is 1. The zero-order chi connectivity index (χ0) is 11.6. The number of amides is 1. The number of rotatable bonds is 2. The molecule has 0 saturated heterocycles. The standard InChI is InChI=1S/C10H10BrClFNO/c1-5-3-8(13)7(11)4-9(5)14-10(15)6(2)12/h3-4,6H,1-2H3,(H,14,15). The molecule has 15 heavy (non-hydrogen) atoms. The van der Waals surface area contributed by atoms with Crippen LogP contribution in [-0.2, 0) is 4.79 Å². The summed E-state index contributed by atoms with van der Waals surface area (Å²) >= 11 is 8.65. The quantitative estimate of drug-likeness (QED) is 0.832. The van der Waals surface area contributed by atoms with E-state index in [9.17, 15) is 9.18 Å². The lowest BCUT2D eigenvalue weighted by Crippen LogP contribution is -2.20. The van der Waals surface area contributed by atoms with Crippen LogP contribution in [0.5, 0.6) is 0 Å². The Labute approximate surface area is 101 Å². The molecule has 1 aromatic rings. The number of benzene rings is 1. The van der Waals surface area contributed by atoms with Crippen LogP contribution in [0.1, 0.15) is 12.5 Å². The van der Waals surface area contributed by atoms with E-state index in [1.807, 2.05) is 0 Å². The number of carbonyl (C=O) groups is 1. The van der Waals surface area contributed by atoms with Gasteiger partial charge in [-0.2, -0.15) is 0 Å². The highest BCUT2D eigenvalue weighted by Gasteiger charge is 2.12. The maximum Gasteiger partial charge on any atom is 0.242 e. The number of aryl methyl sites for hydroxylation is 1. The third-order valence-corrected chi connectivity index (χ3v) is 2.69. The number of halogens is 3. The second-order valence-electron chi connectivity index (χ2n) is 3.19. The van der Waals surface area contributed by atoms with E-state index < -0.39 is 5.38 Å². The largest absolute Gasteiger partial charge is 0.325 e. The Morgan fingerprint density at radius 2 is 2.20 bits per heavy atom. The summed E-state index contributed by atoms with van der Waals surface area (Å²) in [7, 11) is 0. The maximum absolute atomic E-state index is 13.1. The molecular weight excluding hydrogens is 284 g/mol. The van der Waals surface area contributed by atoms with E-state index >= 15 is 0 Å². The van der Waals surface area contributed by atoms with Gasteiger partial charge in [0, 0.05) is 5.69 Å². The van der Waals surface area contributed by atoms with E-state index in [1.165, 1.54) is 12.1 Å². The highest BCUT2D eigenvalue weighted by Crippen LogP contribution is 2.24. The first-order chi connectivity index (χ1) is 6.91. The molecule has 0 spiro atoms. The minimum absolute atomic E-state index is 0.307. The second-order valence-corrected chi connectivity index (χ2v) is 4.70. The summed E-state index contributed by atoms with van der Waals surface area (Å²) in [5, 5.41) is 1.99. The van der Waals surface area contributed by atoms with E-state index in [1.54, 1.807) is 13.8 Å². The minimum atomic E-state index is -0.617. The van der Waals surface area contributed by atoms with E-state index in [0.29, 0.717) is 15.7 Å². The van der Waals surface area contributed by atoms with Crippen LogP contribution in [0.15, 0.2) is 16.6 Å². The van der Waals surface area contributed by atoms with Gasteiger partial charge in [-0.25, -0.2) is 4.39 Å². The Hall–Kier alpha value is -0.610. The summed E-state index contributed by atoms with van der Waals surface area (Å²) < 4.78 is 13.4. The van der Waals surface area contributed by atoms with Gasteiger partial charge in [0.25, 0.3) is 0 Å². The van der Waals surface area contributed by atoms with Gasteiger partial charge in [0.2, 0.25) is 5.91 Å². The third-order valence-electron chi connectivity index (χ3n) is 1.89. The fourth-order valence-electron chi connectivity index (χ4n) is 1.01. The summed E-state index contributed by atoms with van der Waals surface area (Å²) in [6, 6.07) is 2.86. The molecule has 1 aromatic carbocycles. The first kappa shape index (κ1) is 12.5. The molecule has 2 nitrogen and oxygen atoms in total. The molecule has 0 aliphatic heterocycles. The number of hydrogen-bond acceptors (Lipinski definition) is 1. The topological polar surface area (TPSA) is 29.1 Å². The van der Waals surface area contributed by atoms with Crippen molar-refractivity contribution in [2.45, 2.75) is 19.2 Å². The van der Waals surface area contributed by atoms with Crippen LogP contribution in [-0.4, -0.2) is 11.3 Å². The van der Waals surface area contributed by atoms with Crippen LogP contribution < -0.4 is 5.32 Å². The van der Waals surface area contributed by atoms with Crippen LogP contribution in [0.25, 0.3) is 0 Å². The SMILES string of the molecule is Cc1cc(F)c(Br)cc1NC(=O)C(C)Cl. The molecule has 0 bridgehead atoms. The average Bonchev–Trinajstić information content (AvgIpc) is 2.13.